The number of rotatable bonds is 4. The summed E-state index contributed by atoms with van der Waals surface area (Å²) in [6.45, 7) is 7.11. The minimum absolute atomic E-state index is 0.245. The molecular weight excluding hydrogens is 304 g/mol. The Morgan fingerprint density at radius 2 is 2.00 bits per heavy atom. The molecule has 1 heterocycles. The van der Waals surface area contributed by atoms with Gasteiger partial charge in [0.05, 0.1) is 6.42 Å². The van der Waals surface area contributed by atoms with Crippen LogP contribution in [0.5, 0.6) is 0 Å². The highest BCUT2D eigenvalue weighted by atomic mass is 79.9. The molecule has 1 aromatic carbocycles. The van der Waals surface area contributed by atoms with Gasteiger partial charge in [-0.15, -0.1) is 0 Å². The van der Waals surface area contributed by atoms with Gasteiger partial charge in [-0.25, -0.2) is 0 Å². The van der Waals surface area contributed by atoms with Crippen molar-refractivity contribution >= 4 is 21.8 Å². The molecule has 1 aliphatic rings. The van der Waals surface area contributed by atoms with E-state index in [4.69, 9.17) is 0 Å². The van der Waals surface area contributed by atoms with E-state index in [1.54, 1.807) is 0 Å². The maximum Gasteiger partial charge on any atom is 0.227 e. The Morgan fingerprint density at radius 1 is 1.26 bits per heavy atom. The Bertz CT molecular complexity index is 428. The Labute approximate surface area is 123 Å². The lowest BCUT2D eigenvalue weighted by Gasteiger charge is -2.34. The Kier molecular flexibility index (Phi) is 5.40. The quantitative estimate of drug-likeness (QED) is 0.849. The highest BCUT2D eigenvalue weighted by molar-refractivity contribution is 9.10. The van der Waals surface area contributed by atoms with Crippen LogP contribution in [0.3, 0.4) is 0 Å². The van der Waals surface area contributed by atoms with Crippen molar-refractivity contribution in [2.45, 2.75) is 19.8 Å². The number of amides is 1. The van der Waals surface area contributed by atoms with Crippen molar-refractivity contribution in [1.29, 1.82) is 0 Å². The average Bonchev–Trinajstić information content (AvgIpc) is 2.40. The van der Waals surface area contributed by atoms with Gasteiger partial charge in [0.15, 0.2) is 0 Å². The minimum Gasteiger partial charge on any atom is -0.340 e. The number of hydrogen-bond donors (Lipinski definition) is 0. The van der Waals surface area contributed by atoms with Gasteiger partial charge >= 0.3 is 0 Å². The second-order valence-electron chi connectivity index (χ2n) is 5.03. The van der Waals surface area contributed by atoms with Gasteiger partial charge in [-0.3, -0.25) is 9.69 Å². The zero-order valence-electron chi connectivity index (χ0n) is 11.4. The van der Waals surface area contributed by atoms with E-state index in [-0.39, 0.29) is 5.91 Å². The normalized spacial score (nSPS) is 16.6. The summed E-state index contributed by atoms with van der Waals surface area (Å²) in [6.07, 6.45) is 1.69. The molecule has 0 unspecified atom stereocenters. The summed E-state index contributed by atoms with van der Waals surface area (Å²) in [5.74, 6) is 0.245. The summed E-state index contributed by atoms with van der Waals surface area (Å²) in [6, 6.07) is 7.99. The van der Waals surface area contributed by atoms with Crippen molar-refractivity contribution in [3.63, 3.8) is 0 Å². The van der Waals surface area contributed by atoms with Crippen LogP contribution in [0.1, 0.15) is 18.9 Å². The molecular formula is C15H21BrN2O. The number of carbonyl (C=O) groups excluding carboxylic acids is 1. The average molecular weight is 325 g/mol. The van der Waals surface area contributed by atoms with Crippen molar-refractivity contribution in [2.24, 2.45) is 0 Å². The number of nitrogens with zero attached hydrogens (tertiary/aromatic N) is 2. The highest BCUT2D eigenvalue weighted by Gasteiger charge is 2.20. The summed E-state index contributed by atoms with van der Waals surface area (Å²) < 4.78 is 1.03. The lowest BCUT2D eigenvalue weighted by molar-refractivity contribution is -0.132. The second kappa shape index (κ2) is 7.06. The number of hydrogen-bond acceptors (Lipinski definition) is 2. The molecule has 4 heteroatoms. The third-order valence-corrected chi connectivity index (χ3v) is 4.00. The smallest absolute Gasteiger partial charge is 0.227 e. The van der Waals surface area contributed by atoms with Crippen LogP contribution in [0.2, 0.25) is 0 Å². The van der Waals surface area contributed by atoms with Gasteiger partial charge in [-0.2, -0.15) is 0 Å². The topological polar surface area (TPSA) is 23.6 Å². The first kappa shape index (κ1) is 14.5. The third-order valence-electron chi connectivity index (χ3n) is 3.51. The van der Waals surface area contributed by atoms with Crippen LogP contribution in [-0.4, -0.2) is 48.4 Å². The maximum atomic E-state index is 12.2. The van der Waals surface area contributed by atoms with E-state index in [9.17, 15) is 4.79 Å². The molecule has 3 nitrogen and oxygen atoms in total. The Hall–Kier alpha value is -0.870. The summed E-state index contributed by atoms with van der Waals surface area (Å²) in [5.41, 5.74) is 1.08. The number of carbonyl (C=O) groups is 1. The van der Waals surface area contributed by atoms with Crippen molar-refractivity contribution in [2.75, 3.05) is 32.7 Å². The summed E-state index contributed by atoms with van der Waals surface area (Å²) in [4.78, 5) is 16.7. The lowest BCUT2D eigenvalue weighted by Crippen LogP contribution is -2.49. The number of benzene rings is 1. The molecule has 0 aliphatic carbocycles. The molecule has 1 aromatic rings. The van der Waals surface area contributed by atoms with Crippen LogP contribution < -0.4 is 0 Å². The zero-order valence-corrected chi connectivity index (χ0v) is 13.0. The van der Waals surface area contributed by atoms with Gasteiger partial charge in [-0.1, -0.05) is 35.0 Å². The molecule has 0 N–H and O–H groups in total. The van der Waals surface area contributed by atoms with Crippen LogP contribution in [-0.2, 0) is 11.2 Å². The van der Waals surface area contributed by atoms with Crippen molar-refractivity contribution < 1.29 is 4.79 Å². The van der Waals surface area contributed by atoms with Crippen LogP contribution >= 0.6 is 15.9 Å². The molecule has 2 rings (SSSR count). The summed E-state index contributed by atoms with van der Waals surface area (Å²) in [7, 11) is 0. The minimum atomic E-state index is 0.245. The van der Waals surface area contributed by atoms with E-state index in [1.807, 2.05) is 29.2 Å². The van der Waals surface area contributed by atoms with Crippen LogP contribution in [0.4, 0.5) is 0 Å². The van der Waals surface area contributed by atoms with Gasteiger partial charge < -0.3 is 4.90 Å². The predicted molar refractivity (Wildman–Crippen MR) is 81.2 cm³/mol. The van der Waals surface area contributed by atoms with E-state index >= 15 is 0 Å². The van der Waals surface area contributed by atoms with E-state index < -0.39 is 0 Å². The van der Waals surface area contributed by atoms with Crippen LogP contribution in [0.25, 0.3) is 0 Å². The third kappa shape index (κ3) is 4.32. The van der Waals surface area contributed by atoms with E-state index in [0.717, 1.165) is 42.8 Å². The fraction of sp³-hybridized carbons (Fsp3) is 0.533. The molecule has 1 amide bonds. The lowest BCUT2D eigenvalue weighted by atomic mass is 10.1. The highest BCUT2D eigenvalue weighted by Crippen LogP contribution is 2.13. The molecule has 0 aromatic heterocycles. The van der Waals surface area contributed by atoms with Crippen LogP contribution in [0, 0.1) is 0 Å². The van der Waals surface area contributed by atoms with Gasteiger partial charge in [0.2, 0.25) is 5.91 Å². The zero-order chi connectivity index (χ0) is 13.7. The standard InChI is InChI=1S/C15H21BrN2O/c1-2-6-17-7-9-18(10-8-17)15(19)12-13-4-3-5-14(16)11-13/h3-5,11H,2,6-10,12H2,1H3. The maximum absolute atomic E-state index is 12.2. The van der Waals surface area contributed by atoms with E-state index in [2.05, 4.69) is 27.8 Å². The van der Waals surface area contributed by atoms with Gasteiger partial charge in [0.25, 0.3) is 0 Å². The predicted octanol–water partition coefficient (Wildman–Crippen LogP) is 2.55. The molecule has 1 aliphatic heterocycles. The molecule has 104 valence electrons. The number of piperazine rings is 1. The van der Waals surface area contributed by atoms with Gasteiger partial charge in [0.1, 0.15) is 0 Å². The molecule has 0 saturated carbocycles. The second-order valence-corrected chi connectivity index (χ2v) is 5.94. The molecule has 0 bridgehead atoms. The first-order valence-electron chi connectivity index (χ1n) is 6.93. The molecule has 0 radical (unpaired) electrons. The fourth-order valence-corrected chi connectivity index (χ4v) is 2.92. The first-order valence-corrected chi connectivity index (χ1v) is 7.73. The molecule has 1 saturated heterocycles. The van der Waals surface area contributed by atoms with Crippen molar-refractivity contribution in [3.8, 4) is 0 Å². The first-order chi connectivity index (χ1) is 9.19. The molecule has 19 heavy (non-hydrogen) atoms. The monoisotopic (exact) mass is 324 g/mol. The van der Waals surface area contributed by atoms with Crippen LogP contribution in [0.15, 0.2) is 28.7 Å². The van der Waals surface area contributed by atoms with Gasteiger partial charge in [0, 0.05) is 30.7 Å². The summed E-state index contributed by atoms with van der Waals surface area (Å²) in [5, 5.41) is 0. The van der Waals surface area contributed by atoms with E-state index in [0.29, 0.717) is 6.42 Å². The SMILES string of the molecule is CCCN1CCN(C(=O)Cc2cccc(Br)c2)CC1. The Balaban J connectivity index is 1.84. The van der Waals surface area contributed by atoms with Crippen molar-refractivity contribution in [3.05, 3.63) is 34.3 Å². The van der Waals surface area contributed by atoms with Gasteiger partial charge in [-0.05, 0) is 30.7 Å². The Morgan fingerprint density at radius 3 is 2.63 bits per heavy atom. The fourth-order valence-electron chi connectivity index (χ4n) is 2.47. The number of halogens is 1. The molecule has 1 fully saturated rings. The summed E-state index contributed by atoms with van der Waals surface area (Å²) >= 11 is 3.44. The van der Waals surface area contributed by atoms with E-state index in [1.165, 1.54) is 6.42 Å². The van der Waals surface area contributed by atoms with Crippen molar-refractivity contribution in [1.82, 2.24) is 9.80 Å². The molecule has 0 spiro atoms. The largest absolute Gasteiger partial charge is 0.340 e. The molecule has 0 atom stereocenters.